The summed E-state index contributed by atoms with van der Waals surface area (Å²) in [6.07, 6.45) is 3.61. The molecule has 37 heavy (non-hydrogen) atoms. The first-order valence-corrected chi connectivity index (χ1v) is 12.9. The summed E-state index contributed by atoms with van der Waals surface area (Å²) in [6.45, 7) is 0. The molecule has 188 valence electrons. The van der Waals surface area contributed by atoms with Gasteiger partial charge in [0, 0.05) is 11.0 Å². The normalized spacial score (nSPS) is 14.2. The van der Waals surface area contributed by atoms with E-state index in [0.29, 0.717) is 20.5 Å². The van der Waals surface area contributed by atoms with Crippen molar-refractivity contribution < 1.29 is 24.1 Å². The van der Waals surface area contributed by atoms with Crippen molar-refractivity contribution in [3.8, 4) is 17.2 Å². The van der Waals surface area contributed by atoms with E-state index < -0.39 is 21.2 Å². The Balaban J connectivity index is 1.61. The van der Waals surface area contributed by atoms with E-state index in [-0.39, 0.29) is 23.2 Å². The molecule has 13 heteroatoms. The molecular weight excluding hydrogens is 538 g/mol. The Morgan fingerprint density at radius 3 is 2.43 bits per heavy atom. The summed E-state index contributed by atoms with van der Waals surface area (Å²) >= 11 is 8.19. The van der Waals surface area contributed by atoms with Crippen LogP contribution in [0.25, 0.3) is 6.08 Å². The zero-order valence-corrected chi connectivity index (χ0v) is 21.7. The summed E-state index contributed by atoms with van der Waals surface area (Å²) in [5.74, 6) is -0.0494. The molecule has 0 N–H and O–H groups in total. The van der Waals surface area contributed by atoms with Crippen LogP contribution < -0.4 is 14.4 Å². The summed E-state index contributed by atoms with van der Waals surface area (Å²) in [6, 6.07) is 15.4. The van der Waals surface area contributed by atoms with Gasteiger partial charge in [-0.15, -0.1) is 11.8 Å². The van der Waals surface area contributed by atoms with Crippen molar-refractivity contribution in [1.29, 1.82) is 0 Å². The quantitative estimate of drug-likeness (QED) is 0.101. The van der Waals surface area contributed by atoms with Gasteiger partial charge in [0.1, 0.15) is 0 Å². The highest BCUT2D eigenvalue weighted by Gasteiger charge is 2.33. The summed E-state index contributed by atoms with van der Waals surface area (Å²) in [7, 11) is 1.40. The van der Waals surface area contributed by atoms with Crippen molar-refractivity contribution in [2.24, 2.45) is 0 Å². The number of anilines is 1. The van der Waals surface area contributed by atoms with Crippen molar-refractivity contribution >= 4 is 69.1 Å². The number of benzene rings is 3. The Bertz CT molecular complexity index is 1480. The van der Waals surface area contributed by atoms with Gasteiger partial charge in [0.15, 0.2) is 15.8 Å². The Kier molecular flexibility index (Phi) is 7.76. The van der Waals surface area contributed by atoms with Gasteiger partial charge in [-0.1, -0.05) is 36.1 Å². The summed E-state index contributed by atoms with van der Waals surface area (Å²) in [5.41, 5.74) is 0.304. The molecule has 3 aromatic carbocycles. The summed E-state index contributed by atoms with van der Waals surface area (Å²) in [5, 5.41) is 22.4. The second-order valence-electron chi connectivity index (χ2n) is 7.40. The number of non-ortho nitro benzene ring substituents is 1. The SMILES string of the molecule is COc1cc(/C=C2/SC(=S)N(c3cccc(SC)c3)C2=O)ccc1Oc1ccc([N+](=O)[O-])cc1[N+](=O)[O-]. The Hall–Kier alpha value is -3.94. The largest absolute Gasteiger partial charge is 0.493 e. The minimum atomic E-state index is -0.764. The fraction of sp³-hybridized carbons (Fsp3) is 0.0833. The second-order valence-corrected chi connectivity index (χ2v) is 9.95. The molecule has 0 radical (unpaired) electrons. The maximum Gasteiger partial charge on any atom is 0.318 e. The van der Waals surface area contributed by atoms with Crippen LogP contribution in [0.3, 0.4) is 0 Å². The van der Waals surface area contributed by atoms with Gasteiger partial charge >= 0.3 is 5.69 Å². The van der Waals surface area contributed by atoms with E-state index in [0.717, 1.165) is 23.1 Å². The topological polar surface area (TPSA) is 125 Å². The average molecular weight is 556 g/mol. The van der Waals surface area contributed by atoms with Crippen LogP contribution in [-0.4, -0.2) is 33.4 Å². The molecule has 1 heterocycles. The van der Waals surface area contributed by atoms with Crippen LogP contribution in [0.4, 0.5) is 17.1 Å². The van der Waals surface area contributed by atoms with Gasteiger partial charge in [0.05, 0.1) is 33.6 Å². The van der Waals surface area contributed by atoms with E-state index in [1.165, 1.54) is 29.8 Å². The number of nitro groups is 2. The zero-order chi connectivity index (χ0) is 26.7. The number of carbonyl (C=O) groups is 1. The Labute approximate surface area is 224 Å². The first-order valence-electron chi connectivity index (χ1n) is 10.4. The van der Waals surface area contributed by atoms with Crippen LogP contribution in [0.1, 0.15) is 5.56 Å². The van der Waals surface area contributed by atoms with Crippen LogP contribution in [0.5, 0.6) is 17.2 Å². The molecule has 1 fully saturated rings. The minimum absolute atomic E-state index is 0.151. The average Bonchev–Trinajstić information content (AvgIpc) is 3.16. The van der Waals surface area contributed by atoms with E-state index >= 15 is 0 Å². The third-order valence-corrected chi connectivity index (χ3v) is 7.19. The molecule has 4 rings (SSSR count). The van der Waals surface area contributed by atoms with E-state index in [1.54, 1.807) is 30.0 Å². The molecule has 1 saturated heterocycles. The predicted octanol–water partition coefficient (Wildman–Crippen LogP) is 6.43. The highest BCUT2D eigenvalue weighted by Crippen LogP contribution is 2.40. The van der Waals surface area contributed by atoms with Gasteiger partial charge in [-0.3, -0.25) is 29.9 Å². The number of hydrogen-bond donors (Lipinski definition) is 0. The van der Waals surface area contributed by atoms with Crippen molar-refractivity contribution in [1.82, 2.24) is 0 Å². The molecule has 0 aliphatic carbocycles. The predicted molar refractivity (Wildman–Crippen MR) is 147 cm³/mol. The van der Waals surface area contributed by atoms with Gasteiger partial charge in [0.25, 0.3) is 11.6 Å². The summed E-state index contributed by atoms with van der Waals surface area (Å²) in [4.78, 5) is 36.9. The third kappa shape index (κ3) is 5.58. The lowest BCUT2D eigenvalue weighted by Crippen LogP contribution is -2.27. The first-order chi connectivity index (χ1) is 17.7. The number of rotatable bonds is 8. The highest BCUT2D eigenvalue weighted by atomic mass is 32.2. The Morgan fingerprint density at radius 2 is 1.76 bits per heavy atom. The standard InChI is InChI=1S/C24H17N3O7S3/c1-33-21-10-14(6-8-20(21)34-19-9-7-16(26(29)30)13-18(19)27(31)32)11-22-23(28)25(24(35)37-22)15-4-3-5-17(12-15)36-2/h3-13H,1-2H3/b22-11+. The fourth-order valence-corrected chi connectivity index (χ4v) is 5.17. The van der Waals surface area contributed by atoms with Crippen molar-refractivity contribution in [2.45, 2.75) is 4.90 Å². The van der Waals surface area contributed by atoms with Crippen molar-refractivity contribution in [2.75, 3.05) is 18.3 Å². The van der Waals surface area contributed by atoms with Gasteiger partial charge in [0.2, 0.25) is 5.75 Å². The molecule has 0 saturated carbocycles. The lowest BCUT2D eigenvalue weighted by molar-refractivity contribution is -0.394. The molecule has 1 aliphatic heterocycles. The smallest absolute Gasteiger partial charge is 0.318 e. The lowest BCUT2D eigenvalue weighted by Gasteiger charge is -2.15. The Morgan fingerprint density at radius 1 is 1.00 bits per heavy atom. The van der Waals surface area contributed by atoms with E-state index in [1.807, 2.05) is 30.5 Å². The van der Waals surface area contributed by atoms with Crippen molar-refractivity contribution in [3.63, 3.8) is 0 Å². The molecule has 0 aromatic heterocycles. The lowest BCUT2D eigenvalue weighted by atomic mass is 10.1. The highest BCUT2D eigenvalue weighted by molar-refractivity contribution is 8.27. The maximum absolute atomic E-state index is 13.1. The first kappa shape index (κ1) is 26.1. The molecule has 0 atom stereocenters. The number of amides is 1. The van der Waals surface area contributed by atoms with Gasteiger partial charge in [-0.25, -0.2) is 0 Å². The van der Waals surface area contributed by atoms with Crippen LogP contribution in [0.2, 0.25) is 0 Å². The third-order valence-electron chi connectivity index (χ3n) is 5.16. The van der Waals surface area contributed by atoms with Crippen LogP contribution >= 0.6 is 35.7 Å². The summed E-state index contributed by atoms with van der Waals surface area (Å²) < 4.78 is 11.5. The van der Waals surface area contributed by atoms with Gasteiger partial charge in [-0.2, -0.15) is 0 Å². The van der Waals surface area contributed by atoms with Crippen LogP contribution in [-0.2, 0) is 4.79 Å². The van der Waals surface area contributed by atoms with Crippen LogP contribution in [0, 0.1) is 20.2 Å². The molecule has 0 bridgehead atoms. The molecular formula is C24H17N3O7S3. The number of hydrogen-bond acceptors (Lipinski definition) is 10. The number of nitrogens with zero attached hydrogens (tertiary/aromatic N) is 3. The number of thioether (sulfide) groups is 2. The molecule has 1 aliphatic rings. The number of ether oxygens (including phenoxy) is 2. The number of nitro benzene ring substituents is 2. The monoisotopic (exact) mass is 555 g/mol. The molecule has 10 nitrogen and oxygen atoms in total. The molecule has 1 amide bonds. The van der Waals surface area contributed by atoms with Crippen molar-refractivity contribution in [3.05, 3.63) is 91.4 Å². The number of carbonyl (C=O) groups excluding carboxylic acids is 1. The van der Waals surface area contributed by atoms with E-state index in [2.05, 4.69) is 0 Å². The van der Waals surface area contributed by atoms with E-state index in [9.17, 15) is 25.0 Å². The number of thiocarbonyl (C=S) groups is 1. The molecule has 0 spiro atoms. The molecule has 3 aromatic rings. The van der Waals surface area contributed by atoms with Gasteiger partial charge in [-0.05, 0) is 54.3 Å². The fourth-order valence-electron chi connectivity index (χ4n) is 3.42. The number of methoxy groups -OCH3 is 1. The molecule has 0 unspecified atom stereocenters. The zero-order valence-electron chi connectivity index (χ0n) is 19.3. The maximum atomic E-state index is 13.1. The van der Waals surface area contributed by atoms with Crippen LogP contribution in [0.15, 0.2) is 70.5 Å². The second kappa shape index (κ2) is 11.0. The minimum Gasteiger partial charge on any atom is -0.493 e. The van der Waals surface area contributed by atoms with E-state index in [4.69, 9.17) is 21.7 Å². The van der Waals surface area contributed by atoms with Gasteiger partial charge < -0.3 is 9.47 Å².